The van der Waals surface area contributed by atoms with Crippen LogP contribution in [0.2, 0.25) is 0 Å². The summed E-state index contributed by atoms with van der Waals surface area (Å²) in [6.45, 7) is 2.02. The second kappa shape index (κ2) is 5.66. The summed E-state index contributed by atoms with van der Waals surface area (Å²) < 4.78 is 0. The summed E-state index contributed by atoms with van der Waals surface area (Å²) in [4.78, 5) is 15.0. The van der Waals surface area contributed by atoms with Gasteiger partial charge in [0, 0.05) is 22.3 Å². The van der Waals surface area contributed by atoms with Gasteiger partial charge in [0.2, 0.25) is 0 Å². The molecule has 2 N–H and O–H groups in total. The third-order valence-electron chi connectivity index (χ3n) is 3.45. The number of aromatic nitrogens is 1. The van der Waals surface area contributed by atoms with Crippen molar-refractivity contribution in [3.63, 3.8) is 0 Å². The monoisotopic (exact) mass is 297 g/mol. The summed E-state index contributed by atoms with van der Waals surface area (Å²) in [5, 5.41) is 11.2. The highest BCUT2D eigenvalue weighted by Crippen LogP contribution is 2.37. The van der Waals surface area contributed by atoms with Crippen LogP contribution < -0.4 is 0 Å². The molecule has 3 aromatic rings. The van der Waals surface area contributed by atoms with E-state index in [0.717, 1.165) is 21.7 Å². The van der Waals surface area contributed by atoms with E-state index in [9.17, 15) is 4.79 Å². The first-order chi connectivity index (χ1) is 10.2. The molecule has 4 heteroatoms. The molecule has 0 spiro atoms. The van der Waals surface area contributed by atoms with Gasteiger partial charge in [0.15, 0.2) is 0 Å². The highest BCUT2D eigenvalue weighted by atomic mass is 32.2. The standard InChI is InChI=1S/C17H15NO2S/c1-11-17(15(9-18-11)21-10-16(19)20)14-8-4-6-12-5-2-3-7-13(12)14/h2-9,18H,10H2,1H3,(H,19,20). The lowest BCUT2D eigenvalue weighted by atomic mass is 9.99. The number of aliphatic carboxylic acids is 1. The van der Waals surface area contributed by atoms with Gasteiger partial charge >= 0.3 is 5.97 Å². The van der Waals surface area contributed by atoms with Gasteiger partial charge in [-0.05, 0) is 23.3 Å². The van der Waals surface area contributed by atoms with E-state index in [1.807, 2.05) is 31.3 Å². The van der Waals surface area contributed by atoms with Crippen LogP contribution in [0.1, 0.15) is 5.69 Å². The fourth-order valence-electron chi connectivity index (χ4n) is 2.53. The molecule has 0 atom stereocenters. The number of aromatic amines is 1. The van der Waals surface area contributed by atoms with Crippen molar-refractivity contribution in [2.45, 2.75) is 11.8 Å². The number of hydrogen-bond donors (Lipinski definition) is 2. The molecule has 3 nitrogen and oxygen atoms in total. The molecule has 0 aliphatic heterocycles. The smallest absolute Gasteiger partial charge is 0.313 e. The van der Waals surface area contributed by atoms with E-state index in [4.69, 9.17) is 5.11 Å². The number of carboxylic acid groups (broad SMARTS) is 1. The van der Waals surface area contributed by atoms with E-state index in [1.54, 1.807) is 0 Å². The van der Waals surface area contributed by atoms with E-state index in [2.05, 4.69) is 29.2 Å². The van der Waals surface area contributed by atoms with Gasteiger partial charge < -0.3 is 10.1 Å². The predicted molar refractivity (Wildman–Crippen MR) is 86.8 cm³/mol. The number of H-pyrrole nitrogens is 1. The fourth-order valence-corrected chi connectivity index (χ4v) is 3.36. The minimum Gasteiger partial charge on any atom is -0.481 e. The van der Waals surface area contributed by atoms with Crippen LogP contribution in [0, 0.1) is 6.92 Å². The van der Waals surface area contributed by atoms with E-state index in [0.29, 0.717) is 0 Å². The minimum atomic E-state index is -0.803. The van der Waals surface area contributed by atoms with E-state index < -0.39 is 5.97 Å². The Hall–Kier alpha value is -2.20. The van der Waals surface area contributed by atoms with Crippen molar-refractivity contribution in [1.29, 1.82) is 0 Å². The summed E-state index contributed by atoms with van der Waals surface area (Å²) in [7, 11) is 0. The molecular weight excluding hydrogens is 282 g/mol. The first-order valence-electron chi connectivity index (χ1n) is 6.67. The van der Waals surface area contributed by atoms with Gasteiger partial charge in [-0.25, -0.2) is 0 Å². The zero-order valence-corrected chi connectivity index (χ0v) is 12.4. The molecule has 0 unspecified atom stereocenters. The highest BCUT2D eigenvalue weighted by molar-refractivity contribution is 8.00. The fraction of sp³-hybridized carbons (Fsp3) is 0.118. The second-order valence-electron chi connectivity index (χ2n) is 4.86. The van der Waals surface area contributed by atoms with Crippen molar-refractivity contribution in [3.8, 4) is 11.1 Å². The number of carbonyl (C=O) groups is 1. The third kappa shape index (κ3) is 2.67. The van der Waals surface area contributed by atoms with Crippen LogP contribution >= 0.6 is 11.8 Å². The number of hydrogen-bond acceptors (Lipinski definition) is 2. The van der Waals surface area contributed by atoms with Gasteiger partial charge in [-0.15, -0.1) is 11.8 Å². The number of aryl methyl sites for hydroxylation is 1. The van der Waals surface area contributed by atoms with Crippen molar-refractivity contribution in [2.24, 2.45) is 0 Å². The van der Waals surface area contributed by atoms with Crippen LogP contribution in [0.3, 0.4) is 0 Å². The van der Waals surface area contributed by atoms with E-state index in [1.165, 1.54) is 22.5 Å². The lowest BCUT2D eigenvalue weighted by Gasteiger charge is -2.09. The maximum Gasteiger partial charge on any atom is 0.313 e. The van der Waals surface area contributed by atoms with Crippen molar-refractivity contribution >= 4 is 28.5 Å². The maximum atomic E-state index is 10.8. The Morgan fingerprint density at radius 2 is 1.95 bits per heavy atom. The van der Waals surface area contributed by atoms with Crippen LogP contribution in [0.4, 0.5) is 0 Å². The Morgan fingerprint density at radius 3 is 2.76 bits per heavy atom. The van der Waals surface area contributed by atoms with Crippen LogP contribution in [0.5, 0.6) is 0 Å². The summed E-state index contributed by atoms with van der Waals surface area (Å²) in [5.41, 5.74) is 3.29. The summed E-state index contributed by atoms with van der Waals surface area (Å²) in [6, 6.07) is 14.5. The van der Waals surface area contributed by atoms with E-state index in [-0.39, 0.29) is 5.75 Å². The van der Waals surface area contributed by atoms with Crippen molar-refractivity contribution in [2.75, 3.05) is 5.75 Å². The number of carboxylic acids is 1. The van der Waals surface area contributed by atoms with Gasteiger partial charge in [0.05, 0.1) is 5.75 Å². The first kappa shape index (κ1) is 13.8. The lowest BCUT2D eigenvalue weighted by molar-refractivity contribution is -0.133. The Kier molecular flexibility index (Phi) is 3.71. The molecule has 0 saturated carbocycles. The van der Waals surface area contributed by atoms with Crippen molar-refractivity contribution in [3.05, 3.63) is 54.4 Å². The molecule has 0 aliphatic rings. The maximum absolute atomic E-state index is 10.8. The zero-order valence-electron chi connectivity index (χ0n) is 11.6. The zero-order chi connectivity index (χ0) is 14.8. The van der Waals surface area contributed by atoms with Gasteiger partial charge in [-0.1, -0.05) is 42.5 Å². The molecule has 0 aliphatic carbocycles. The first-order valence-corrected chi connectivity index (χ1v) is 7.66. The number of thioether (sulfide) groups is 1. The van der Waals surface area contributed by atoms with Crippen LogP contribution in [0.15, 0.2) is 53.6 Å². The molecule has 106 valence electrons. The quantitative estimate of drug-likeness (QED) is 0.705. The minimum absolute atomic E-state index is 0.0645. The molecule has 0 bridgehead atoms. The Bertz CT molecular complexity index is 802. The number of nitrogens with one attached hydrogen (secondary N) is 1. The van der Waals surface area contributed by atoms with Crippen molar-refractivity contribution in [1.82, 2.24) is 4.98 Å². The molecular formula is C17H15NO2S. The predicted octanol–water partition coefficient (Wildman–Crippen LogP) is 4.32. The SMILES string of the molecule is Cc1[nH]cc(SCC(=O)O)c1-c1cccc2ccccc12. The van der Waals surface area contributed by atoms with Gasteiger partial charge in [-0.2, -0.15) is 0 Å². The molecule has 0 amide bonds. The molecule has 3 rings (SSSR count). The average Bonchev–Trinajstić information content (AvgIpc) is 2.85. The number of fused-ring (bicyclic) bond motifs is 1. The normalized spacial score (nSPS) is 10.9. The summed E-state index contributed by atoms with van der Waals surface area (Å²) >= 11 is 1.35. The molecule has 21 heavy (non-hydrogen) atoms. The summed E-state index contributed by atoms with van der Waals surface area (Å²) in [6.07, 6.45) is 1.89. The topological polar surface area (TPSA) is 53.1 Å². The molecule has 0 radical (unpaired) electrons. The van der Waals surface area contributed by atoms with Crippen LogP contribution in [-0.2, 0) is 4.79 Å². The molecule has 2 aromatic carbocycles. The molecule has 1 aromatic heterocycles. The number of rotatable bonds is 4. The van der Waals surface area contributed by atoms with Crippen LogP contribution in [-0.4, -0.2) is 21.8 Å². The summed E-state index contributed by atoms with van der Waals surface area (Å²) in [5.74, 6) is -0.738. The largest absolute Gasteiger partial charge is 0.481 e. The van der Waals surface area contributed by atoms with Crippen molar-refractivity contribution < 1.29 is 9.90 Å². The van der Waals surface area contributed by atoms with Gasteiger partial charge in [-0.3, -0.25) is 4.79 Å². The van der Waals surface area contributed by atoms with Gasteiger partial charge in [0.1, 0.15) is 0 Å². The molecule has 1 heterocycles. The lowest BCUT2D eigenvalue weighted by Crippen LogP contribution is -1.97. The Labute approximate surface area is 127 Å². The van der Waals surface area contributed by atoms with Gasteiger partial charge in [0.25, 0.3) is 0 Å². The molecule has 0 fully saturated rings. The van der Waals surface area contributed by atoms with Crippen LogP contribution in [0.25, 0.3) is 21.9 Å². The molecule has 0 saturated heterocycles. The number of benzene rings is 2. The Balaban J connectivity index is 2.14. The Morgan fingerprint density at radius 1 is 1.19 bits per heavy atom. The van der Waals surface area contributed by atoms with E-state index >= 15 is 0 Å². The second-order valence-corrected chi connectivity index (χ2v) is 5.88. The third-order valence-corrected chi connectivity index (χ3v) is 4.48. The highest BCUT2D eigenvalue weighted by Gasteiger charge is 2.14. The average molecular weight is 297 g/mol.